The average Bonchev–Trinajstić information content (AvgIpc) is 3.68. The minimum atomic E-state index is -0.114. The maximum Gasteiger partial charge on any atom is 0.271 e. The van der Waals surface area contributed by atoms with Crippen molar-refractivity contribution < 1.29 is 4.74 Å². The lowest BCUT2D eigenvalue weighted by atomic mass is 9.85. The van der Waals surface area contributed by atoms with Crippen LogP contribution in [-0.2, 0) is 13.0 Å². The summed E-state index contributed by atoms with van der Waals surface area (Å²) in [5, 5.41) is 4.51. The molecule has 0 saturated heterocycles. The molecule has 0 saturated carbocycles. The van der Waals surface area contributed by atoms with E-state index in [4.69, 9.17) is 9.73 Å². The quantitative estimate of drug-likeness (QED) is 0.217. The third-order valence-corrected chi connectivity index (χ3v) is 10.0. The standard InChI is InChI=1S/C36H26N2O2S2/c39-35-32(21-23-14-17-27(18-15-23)40-22-26-10-5-9-24-7-1-3-11-28(24)26)42-36-37-33-29-12-4-2-8-25(29)16-19-30(33)34(38(35)36)31-13-6-20-41-31/h1-15,17-18,20-21,34H,16,19,22H2/b32-21+/t34-/m0/s1. The fraction of sp³-hybridized carbons (Fsp3) is 0.111. The van der Waals surface area contributed by atoms with Crippen LogP contribution in [0.15, 0.2) is 124 Å². The molecule has 0 unspecified atom stereocenters. The molecular weight excluding hydrogens is 557 g/mol. The number of hydrogen-bond donors (Lipinski definition) is 0. The summed E-state index contributed by atoms with van der Waals surface area (Å²) in [5.41, 5.74) is 6.92. The zero-order chi connectivity index (χ0) is 28.0. The Morgan fingerprint density at radius 3 is 2.60 bits per heavy atom. The van der Waals surface area contributed by atoms with Crippen LogP contribution in [0.25, 0.3) is 22.5 Å². The number of thiazole rings is 1. The fourth-order valence-corrected chi connectivity index (χ4v) is 7.96. The van der Waals surface area contributed by atoms with E-state index in [1.54, 1.807) is 11.3 Å². The molecule has 204 valence electrons. The summed E-state index contributed by atoms with van der Waals surface area (Å²) in [6.07, 6.45) is 3.84. The van der Waals surface area contributed by atoms with Crippen LogP contribution in [-0.4, -0.2) is 4.57 Å². The minimum absolute atomic E-state index is 0.0128. The van der Waals surface area contributed by atoms with Gasteiger partial charge in [-0.1, -0.05) is 96.3 Å². The Bertz CT molecular complexity index is 2170. The Morgan fingerprint density at radius 2 is 1.71 bits per heavy atom. The molecule has 2 aromatic heterocycles. The van der Waals surface area contributed by atoms with Gasteiger partial charge in [-0.05, 0) is 75.5 Å². The van der Waals surface area contributed by atoms with Gasteiger partial charge in [-0.2, -0.15) is 0 Å². The maximum atomic E-state index is 13.9. The van der Waals surface area contributed by atoms with Crippen molar-refractivity contribution in [3.63, 3.8) is 0 Å². The van der Waals surface area contributed by atoms with Crippen molar-refractivity contribution in [2.45, 2.75) is 25.5 Å². The Labute approximate surface area is 250 Å². The van der Waals surface area contributed by atoms with E-state index in [1.165, 1.54) is 43.7 Å². The molecule has 8 rings (SSSR count). The second-order valence-electron chi connectivity index (χ2n) is 10.6. The minimum Gasteiger partial charge on any atom is -0.489 e. The number of aryl methyl sites for hydroxylation is 1. The molecule has 0 amide bonds. The molecule has 1 atom stereocenters. The van der Waals surface area contributed by atoms with Crippen LogP contribution >= 0.6 is 22.7 Å². The molecule has 1 aliphatic carbocycles. The number of nitrogens with zero attached hydrogens (tertiary/aromatic N) is 2. The van der Waals surface area contributed by atoms with Crippen molar-refractivity contribution in [2.75, 3.05) is 0 Å². The number of hydrogen-bond acceptors (Lipinski definition) is 5. The number of thiophene rings is 1. The molecule has 6 aromatic rings. The third kappa shape index (κ3) is 4.35. The van der Waals surface area contributed by atoms with Crippen molar-refractivity contribution in [2.24, 2.45) is 4.99 Å². The Hall–Kier alpha value is -4.52. The molecule has 0 radical (unpaired) electrons. The second kappa shape index (κ2) is 10.4. The SMILES string of the molecule is O=c1/c(=C\c2ccc(OCc3cccc4ccccc34)cc2)sc2n1[C@H](c1cccs1)C1=C(N=2)c2ccccc2CC1. The molecule has 0 fully saturated rings. The lowest BCUT2D eigenvalue weighted by Gasteiger charge is -2.30. The van der Waals surface area contributed by atoms with Crippen LogP contribution in [0.5, 0.6) is 5.75 Å². The van der Waals surface area contributed by atoms with Crippen LogP contribution in [0.3, 0.4) is 0 Å². The third-order valence-electron chi connectivity index (χ3n) is 8.14. The molecule has 4 aromatic carbocycles. The fourth-order valence-electron chi connectivity index (χ4n) is 6.11. The Balaban J connectivity index is 1.13. The van der Waals surface area contributed by atoms with E-state index in [0.29, 0.717) is 11.1 Å². The summed E-state index contributed by atoms with van der Waals surface area (Å²) in [7, 11) is 0. The van der Waals surface area contributed by atoms with Crippen LogP contribution < -0.4 is 19.6 Å². The van der Waals surface area contributed by atoms with E-state index in [9.17, 15) is 4.79 Å². The molecule has 4 nitrogen and oxygen atoms in total. The highest BCUT2D eigenvalue weighted by Gasteiger charge is 2.33. The van der Waals surface area contributed by atoms with E-state index in [0.717, 1.165) is 40.2 Å². The highest BCUT2D eigenvalue weighted by molar-refractivity contribution is 7.10. The zero-order valence-electron chi connectivity index (χ0n) is 22.7. The van der Waals surface area contributed by atoms with Gasteiger partial charge in [0.1, 0.15) is 12.4 Å². The highest BCUT2D eigenvalue weighted by atomic mass is 32.1. The number of allylic oxidation sites excluding steroid dienone is 1. The van der Waals surface area contributed by atoms with Gasteiger partial charge in [0, 0.05) is 10.4 Å². The first kappa shape index (κ1) is 25.2. The van der Waals surface area contributed by atoms with Gasteiger partial charge in [0.05, 0.1) is 16.3 Å². The molecular formula is C36H26N2O2S2. The van der Waals surface area contributed by atoms with Gasteiger partial charge in [-0.3, -0.25) is 9.36 Å². The van der Waals surface area contributed by atoms with E-state index >= 15 is 0 Å². The molecule has 0 spiro atoms. The largest absolute Gasteiger partial charge is 0.489 e. The number of ether oxygens (including phenoxy) is 1. The molecule has 2 aliphatic rings. The number of aromatic nitrogens is 1. The van der Waals surface area contributed by atoms with Gasteiger partial charge in [0.15, 0.2) is 4.80 Å². The summed E-state index contributed by atoms with van der Waals surface area (Å²) in [4.78, 5) is 21.0. The Kier molecular flexibility index (Phi) is 6.24. The van der Waals surface area contributed by atoms with Gasteiger partial charge < -0.3 is 4.74 Å². The number of rotatable bonds is 5. The molecule has 42 heavy (non-hydrogen) atoms. The van der Waals surface area contributed by atoms with Crippen LogP contribution in [0.1, 0.15) is 39.6 Å². The number of benzene rings is 4. The number of fused-ring (bicyclic) bond motifs is 4. The average molecular weight is 583 g/mol. The molecule has 3 heterocycles. The summed E-state index contributed by atoms with van der Waals surface area (Å²) in [6, 6.07) is 35.2. The molecule has 0 bridgehead atoms. The topological polar surface area (TPSA) is 43.6 Å². The normalized spacial score (nSPS) is 16.1. The first-order valence-electron chi connectivity index (χ1n) is 14.1. The van der Waals surface area contributed by atoms with E-state index < -0.39 is 0 Å². The maximum absolute atomic E-state index is 13.9. The predicted molar refractivity (Wildman–Crippen MR) is 172 cm³/mol. The van der Waals surface area contributed by atoms with Gasteiger partial charge >= 0.3 is 0 Å². The van der Waals surface area contributed by atoms with Crippen molar-refractivity contribution in [3.05, 3.63) is 161 Å². The van der Waals surface area contributed by atoms with E-state index in [2.05, 4.69) is 84.2 Å². The van der Waals surface area contributed by atoms with Crippen molar-refractivity contribution in [1.29, 1.82) is 0 Å². The van der Waals surface area contributed by atoms with Crippen molar-refractivity contribution >= 4 is 45.2 Å². The summed E-state index contributed by atoms with van der Waals surface area (Å²) >= 11 is 3.17. The van der Waals surface area contributed by atoms with Crippen LogP contribution in [0.4, 0.5) is 0 Å². The zero-order valence-corrected chi connectivity index (χ0v) is 24.3. The second-order valence-corrected chi connectivity index (χ2v) is 12.6. The molecule has 0 N–H and O–H groups in total. The molecule has 1 aliphatic heterocycles. The lowest BCUT2D eigenvalue weighted by molar-refractivity contribution is 0.307. The first-order valence-corrected chi connectivity index (χ1v) is 15.8. The van der Waals surface area contributed by atoms with Crippen LogP contribution in [0, 0.1) is 0 Å². The van der Waals surface area contributed by atoms with Crippen LogP contribution in [0.2, 0.25) is 0 Å². The predicted octanol–water partition coefficient (Wildman–Crippen LogP) is 7.11. The smallest absolute Gasteiger partial charge is 0.271 e. The Morgan fingerprint density at radius 1 is 0.881 bits per heavy atom. The monoisotopic (exact) mass is 582 g/mol. The summed E-state index contributed by atoms with van der Waals surface area (Å²) in [5.74, 6) is 0.797. The van der Waals surface area contributed by atoms with Gasteiger partial charge in [0.25, 0.3) is 5.56 Å². The molecule has 6 heteroatoms. The highest BCUT2D eigenvalue weighted by Crippen LogP contribution is 2.42. The van der Waals surface area contributed by atoms with Gasteiger partial charge in [-0.25, -0.2) is 4.99 Å². The summed E-state index contributed by atoms with van der Waals surface area (Å²) < 4.78 is 8.74. The van der Waals surface area contributed by atoms with E-state index in [1.807, 2.05) is 34.9 Å². The van der Waals surface area contributed by atoms with Crippen molar-refractivity contribution in [1.82, 2.24) is 4.57 Å². The lowest BCUT2D eigenvalue weighted by Crippen LogP contribution is -2.38. The first-order chi connectivity index (χ1) is 20.7. The van der Waals surface area contributed by atoms with Gasteiger partial charge in [0.2, 0.25) is 0 Å². The summed E-state index contributed by atoms with van der Waals surface area (Å²) in [6.45, 7) is 0.496. The van der Waals surface area contributed by atoms with E-state index in [-0.39, 0.29) is 11.6 Å². The van der Waals surface area contributed by atoms with Crippen molar-refractivity contribution in [3.8, 4) is 5.75 Å². The van der Waals surface area contributed by atoms with Gasteiger partial charge in [-0.15, -0.1) is 11.3 Å².